The Morgan fingerprint density at radius 3 is 2.38 bits per heavy atom. The third-order valence-electron chi connectivity index (χ3n) is 6.56. The van der Waals surface area contributed by atoms with E-state index in [0.29, 0.717) is 29.6 Å². The molecule has 0 aromatic heterocycles. The fraction of sp³-hybridized carbons (Fsp3) is 0.290. The largest absolute Gasteiger partial charge is 0.490 e. The molecule has 3 aromatic carbocycles. The number of aliphatic imine (C=N–C) groups is 1. The van der Waals surface area contributed by atoms with Crippen LogP contribution < -0.4 is 9.47 Å². The lowest BCUT2D eigenvalue weighted by molar-refractivity contribution is -0.124. The van der Waals surface area contributed by atoms with Crippen molar-refractivity contribution in [2.24, 2.45) is 4.99 Å². The Kier molecular flexibility index (Phi) is 8.26. The molecule has 0 unspecified atom stereocenters. The molecule has 0 radical (unpaired) electrons. The molecule has 1 aliphatic carbocycles. The lowest BCUT2D eigenvalue weighted by Crippen LogP contribution is -2.40. The van der Waals surface area contributed by atoms with Crippen molar-refractivity contribution in [1.82, 2.24) is 4.90 Å². The van der Waals surface area contributed by atoms with E-state index in [1.807, 2.05) is 96.8 Å². The van der Waals surface area contributed by atoms with Gasteiger partial charge in [0.25, 0.3) is 5.91 Å². The van der Waals surface area contributed by atoms with Crippen molar-refractivity contribution in [2.75, 3.05) is 6.61 Å². The number of ether oxygens (including phenoxy) is 2. The van der Waals surface area contributed by atoms with E-state index in [1.54, 1.807) is 0 Å². The lowest BCUT2D eigenvalue weighted by Gasteiger charge is -2.30. The minimum absolute atomic E-state index is 0.0361. The number of thioether (sulfide) groups is 1. The molecule has 1 saturated carbocycles. The second-order valence-corrected chi connectivity index (χ2v) is 10.2. The fourth-order valence-corrected chi connectivity index (χ4v) is 5.79. The molecule has 2 aliphatic rings. The molecule has 6 heteroatoms. The molecule has 37 heavy (non-hydrogen) atoms. The Balaban J connectivity index is 1.41. The number of hydrogen-bond donors (Lipinski definition) is 0. The second-order valence-electron chi connectivity index (χ2n) is 9.22. The van der Waals surface area contributed by atoms with Crippen LogP contribution in [0.1, 0.15) is 50.2 Å². The van der Waals surface area contributed by atoms with Gasteiger partial charge in [-0.05, 0) is 73.0 Å². The second kappa shape index (κ2) is 12.2. The Morgan fingerprint density at radius 2 is 1.65 bits per heavy atom. The maximum atomic E-state index is 13.6. The van der Waals surface area contributed by atoms with Gasteiger partial charge in [0.1, 0.15) is 6.61 Å². The van der Waals surface area contributed by atoms with Gasteiger partial charge < -0.3 is 9.47 Å². The zero-order chi connectivity index (χ0) is 25.5. The van der Waals surface area contributed by atoms with Crippen LogP contribution in [0.4, 0.5) is 5.69 Å². The maximum Gasteiger partial charge on any atom is 0.267 e. The molecule has 5 rings (SSSR count). The van der Waals surface area contributed by atoms with E-state index in [2.05, 4.69) is 0 Å². The summed E-state index contributed by atoms with van der Waals surface area (Å²) in [6.07, 6.45) is 7.53. The van der Waals surface area contributed by atoms with Gasteiger partial charge in [0, 0.05) is 6.04 Å². The van der Waals surface area contributed by atoms with Gasteiger partial charge in [0.2, 0.25) is 0 Å². The first-order chi connectivity index (χ1) is 18.2. The highest BCUT2D eigenvalue weighted by molar-refractivity contribution is 8.18. The van der Waals surface area contributed by atoms with Crippen LogP contribution in [0.2, 0.25) is 0 Å². The minimum atomic E-state index is 0.0361. The zero-order valence-electron chi connectivity index (χ0n) is 21.1. The molecule has 0 atom stereocenters. The van der Waals surface area contributed by atoms with Crippen LogP contribution in [-0.4, -0.2) is 28.6 Å². The van der Waals surface area contributed by atoms with Crippen LogP contribution >= 0.6 is 11.8 Å². The van der Waals surface area contributed by atoms with Gasteiger partial charge in [-0.1, -0.05) is 73.9 Å². The van der Waals surface area contributed by atoms with Crippen molar-refractivity contribution in [2.45, 2.75) is 51.7 Å². The van der Waals surface area contributed by atoms with Crippen LogP contribution in [0, 0.1) is 0 Å². The summed E-state index contributed by atoms with van der Waals surface area (Å²) < 4.78 is 12.0. The van der Waals surface area contributed by atoms with Crippen molar-refractivity contribution in [3.8, 4) is 11.5 Å². The molecule has 1 aliphatic heterocycles. The van der Waals surface area contributed by atoms with E-state index in [-0.39, 0.29) is 11.9 Å². The monoisotopic (exact) mass is 512 g/mol. The van der Waals surface area contributed by atoms with E-state index < -0.39 is 0 Å². The molecule has 0 bridgehead atoms. The summed E-state index contributed by atoms with van der Waals surface area (Å²) in [6.45, 7) is 2.95. The molecular formula is C31H32N2O3S. The molecule has 3 aromatic rings. The maximum absolute atomic E-state index is 13.6. The van der Waals surface area contributed by atoms with Crippen molar-refractivity contribution >= 4 is 34.6 Å². The Bertz CT molecular complexity index is 1270. The molecule has 1 heterocycles. The standard InChI is InChI=1S/C31H32N2O3S/c1-2-35-28-20-24(18-19-27(28)36-22-23-12-6-3-7-13-23)21-29-30(34)33(26-16-10-5-11-17-26)31(37-29)32-25-14-8-4-9-15-25/h3-4,6-9,12-15,18-21,26H,2,5,10-11,16-17,22H2,1H3/b29-21-,32-31?. The van der Waals surface area contributed by atoms with Crippen LogP contribution in [-0.2, 0) is 11.4 Å². The number of amides is 1. The first-order valence-corrected chi connectivity index (χ1v) is 13.8. The number of nitrogens with zero attached hydrogens (tertiary/aromatic N) is 2. The van der Waals surface area contributed by atoms with E-state index in [9.17, 15) is 4.79 Å². The van der Waals surface area contributed by atoms with Gasteiger partial charge in [0.15, 0.2) is 16.7 Å². The van der Waals surface area contributed by atoms with E-state index in [1.165, 1.54) is 18.2 Å². The zero-order valence-corrected chi connectivity index (χ0v) is 22.0. The van der Waals surface area contributed by atoms with Crippen LogP contribution in [0.25, 0.3) is 6.08 Å². The minimum Gasteiger partial charge on any atom is -0.490 e. The van der Waals surface area contributed by atoms with Crippen molar-refractivity contribution in [3.05, 3.63) is 94.9 Å². The smallest absolute Gasteiger partial charge is 0.267 e. The summed E-state index contributed by atoms with van der Waals surface area (Å²) in [4.78, 5) is 21.1. The SMILES string of the molecule is CCOc1cc(/C=C2\SC(=Nc3ccccc3)N(C3CCCCC3)C2=O)ccc1OCc1ccccc1. The Morgan fingerprint density at radius 1 is 0.919 bits per heavy atom. The number of amidine groups is 1. The molecule has 2 fully saturated rings. The van der Waals surface area contributed by atoms with Gasteiger partial charge in [-0.15, -0.1) is 0 Å². The topological polar surface area (TPSA) is 51.1 Å². The third kappa shape index (κ3) is 6.25. The first kappa shape index (κ1) is 25.2. The van der Waals surface area contributed by atoms with Gasteiger partial charge in [-0.3, -0.25) is 9.69 Å². The summed E-state index contributed by atoms with van der Waals surface area (Å²) >= 11 is 1.46. The highest BCUT2D eigenvalue weighted by Gasteiger charge is 2.38. The van der Waals surface area contributed by atoms with E-state index in [0.717, 1.165) is 47.7 Å². The van der Waals surface area contributed by atoms with E-state index >= 15 is 0 Å². The number of para-hydroxylation sites is 1. The Labute approximate surface area is 223 Å². The highest BCUT2D eigenvalue weighted by atomic mass is 32.2. The molecule has 0 spiro atoms. The summed E-state index contributed by atoms with van der Waals surface area (Å²) in [5.74, 6) is 1.40. The van der Waals surface area contributed by atoms with Crippen LogP contribution in [0.15, 0.2) is 88.8 Å². The predicted octanol–water partition coefficient (Wildman–Crippen LogP) is 7.60. The van der Waals surface area contributed by atoms with Crippen molar-refractivity contribution in [3.63, 3.8) is 0 Å². The Hall–Kier alpha value is -3.51. The molecule has 1 amide bonds. The average Bonchev–Trinajstić information content (AvgIpc) is 3.24. The summed E-state index contributed by atoms with van der Waals surface area (Å²) in [7, 11) is 0. The van der Waals surface area contributed by atoms with Gasteiger partial charge in [-0.25, -0.2) is 4.99 Å². The quantitative estimate of drug-likeness (QED) is 0.292. The van der Waals surface area contributed by atoms with E-state index in [4.69, 9.17) is 14.5 Å². The summed E-state index contributed by atoms with van der Waals surface area (Å²) in [6, 6.07) is 26.0. The molecule has 190 valence electrons. The number of hydrogen-bond acceptors (Lipinski definition) is 5. The van der Waals surface area contributed by atoms with Gasteiger partial charge in [-0.2, -0.15) is 0 Å². The number of rotatable bonds is 8. The van der Waals surface area contributed by atoms with Crippen molar-refractivity contribution < 1.29 is 14.3 Å². The molecule has 5 nitrogen and oxygen atoms in total. The fourth-order valence-electron chi connectivity index (χ4n) is 4.73. The lowest BCUT2D eigenvalue weighted by atomic mass is 9.94. The molecule has 0 N–H and O–H groups in total. The summed E-state index contributed by atoms with van der Waals surface area (Å²) in [5.41, 5.74) is 2.85. The number of carbonyl (C=O) groups is 1. The van der Waals surface area contributed by atoms with Gasteiger partial charge >= 0.3 is 0 Å². The first-order valence-electron chi connectivity index (χ1n) is 13.0. The third-order valence-corrected chi connectivity index (χ3v) is 7.54. The highest BCUT2D eigenvalue weighted by Crippen LogP contribution is 2.39. The van der Waals surface area contributed by atoms with Crippen LogP contribution in [0.5, 0.6) is 11.5 Å². The van der Waals surface area contributed by atoms with Gasteiger partial charge in [0.05, 0.1) is 17.2 Å². The average molecular weight is 513 g/mol. The van der Waals surface area contributed by atoms with Crippen molar-refractivity contribution in [1.29, 1.82) is 0 Å². The molecular weight excluding hydrogens is 480 g/mol. The van der Waals surface area contributed by atoms with Crippen LogP contribution in [0.3, 0.4) is 0 Å². The normalized spacial score (nSPS) is 18.5. The number of carbonyl (C=O) groups excluding carboxylic acids is 1. The predicted molar refractivity (Wildman–Crippen MR) is 151 cm³/mol. The molecule has 1 saturated heterocycles. The number of benzene rings is 3. The summed E-state index contributed by atoms with van der Waals surface area (Å²) in [5, 5.41) is 0.766.